The first-order valence-electron chi connectivity index (χ1n) is 11.6. The van der Waals surface area contributed by atoms with E-state index in [1.807, 2.05) is 38.1 Å². The molecule has 1 unspecified atom stereocenters. The number of rotatable bonds is 8. The van der Waals surface area contributed by atoms with Crippen LogP contribution in [-0.2, 0) is 19.1 Å². The summed E-state index contributed by atoms with van der Waals surface area (Å²) in [5, 5.41) is 14.7. The molecule has 1 fully saturated rings. The molecule has 0 spiro atoms. The first-order valence-corrected chi connectivity index (χ1v) is 11.6. The molecule has 1 heterocycles. The molecular formula is C26H30N2O6. The van der Waals surface area contributed by atoms with Crippen molar-refractivity contribution in [3.05, 3.63) is 59.7 Å². The SMILES string of the molecule is CC(C)C(CC(=O)N[C@@H]1CCO[C@@H]1C(=O)O)NC(=O)OCC1c2ccccc2-c2ccccc21. The maximum Gasteiger partial charge on any atom is 0.407 e. The Labute approximate surface area is 198 Å². The van der Waals surface area contributed by atoms with Gasteiger partial charge < -0.3 is 25.2 Å². The number of hydrogen-bond donors (Lipinski definition) is 3. The van der Waals surface area contributed by atoms with Gasteiger partial charge in [0.1, 0.15) is 6.61 Å². The highest BCUT2D eigenvalue weighted by molar-refractivity contribution is 5.81. The van der Waals surface area contributed by atoms with Crippen molar-refractivity contribution in [3.63, 3.8) is 0 Å². The molecule has 2 aromatic carbocycles. The van der Waals surface area contributed by atoms with E-state index in [1.165, 1.54) is 0 Å². The van der Waals surface area contributed by atoms with E-state index in [9.17, 15) is 19.5 Å². The molecule has 2 aromatic rings. The highest BCUT2D eigenvalue weighted by Crippen LogP contribution is 2.44. The second kappa shape index (κ2) is 10.3. The van der Waals surface area contributed by atoms with Crippen molar-refractivity contribution in [3.8, 4) is 11.1 Å². The molecule has 1 saturated heterocycles. The Bertz CT molecular complexity index is 1020. The van der Waals surface area contributed by atoms with Crippen molar-refractivity contribution in [2.24, 2.45) is 5.92 Å². The first-order chi connectivity index (χ1) is 16.3. The Hall–Kier alpha value is -3.39. The van der Waals surface area contributed by atoms with Crippen molar-refractivity contribution in [2.75, 3.05) is 13.2 Å². The van der Waals surface area contributed by atoms with E-state index >= 15 is 0 Å². The van der Waals surface area contributed by atoms with Crippen LogP contribution < -0.4 is 10.6 Å². The standard InChI is InChI=1S/C26H30N2O6/c1-15(2)22(13-23(29)27-21-11-12-33-24(21)25(30)31)28-26(32)34-14-20-18-9-5-3-7-16(18)17-8-4-6-10-19(17)20/h3-10,15,20-22,24H,11-14H2,1-2H3,(H,27,29)(H,28,32)(H,30,31)/t21-,22?,24+/m1/s1. The van der Waals surface area contributed by atoms with Crippen LogP contribution in [-0.4, -0.2) is 54.5 Å². The number of carbonyl (C=O) groups is 3. The van der Waals surface area contributed by atoms with E-state index in [2.05, 4.69) is 34.9 Å². The maximum absolute atomic E-state index is 12.6. The molecule has 0 bridgehead atoms. The van der Waals surface area contributed by atoms with Crippen molar-refractivity contribution in [1.82, 2.24) is 10.6 Å². The van der Waals surface area contributed by atoms with E-state index < -0.39 is 30.3 Å². The Morgan fingerprint density at radius 3 is 2.26 bits per heavy atom. The summed E-state index contributed by atoms with van der Waals surface area (Å²) in [7, 11) is 0. The molecular weight excluding hydrogens is 436 g/mol. The zero-order chi connectivity index (χ0) is 24.2. The summed E-state index contributed by atoms with van der Waals surface area (Å²) in [5.74, 6) is -1.50. The highest BCUT2D eigenvalue weighted by atomic mass is 16.5. The van der Waals surface area contributed by atoms with Gasteiger partial charge in [-0.1, -0.05) is 62.4 Å². The average Bonchev–Trinajstić information content (AvgIpc) is 3.40. The maximum atomic E-state index is 12.6. The minimum Gasteiger partial charge on any atom is -0.479 e. The zero-order valence-corrected chi connectivity index (χ0v) is 19.3. The van der Waals surface area contributed by atoms with Crippen LogP contribution in [0.2, 0.25) is 0 Å². The van der Waals surface area contributed by atoms with Crippen molar-refractivity contribution >= 4 is 18.0 Å². The van der Waals surface area contributed by atoms with Gasteiger partial charge in [-0.2, -0.15) is 0 Å². The fraction of sp³-hybridized carbons (Fsp3) is 0.423. The monoisotopic (exact) mass is 466 g/mol. The van der Waals surface area contributed by atoms with E-state index in [-0.39, 0.29) is 37.4 Å². The van der Waals surface area contributed by atoms with Crippen LogP contribution in [0.3, 0.4) is 0 Å². The third kappa shape index (κ3) is 5.07. The molecule has 1 aliphatic heterocycles. The van der Waals surface area contributed by atoms with Crippen molar-refractivity contribution in [2.45, 2.75) is 50.8 Å². The fourth-order valence-corrected chi connectivity index (χ4v) is 4.69. The second-order valence-corrected chi connectivity index (χ2v) is 9.12. The third-order valence-corrected chi connectivity index (χ3v) is 6.54. The lowest BCUT2D eigenvalue weighted by molar-refractivity contribution is -0.148. The molecule has 0 saturated carbocycles. The molecule has 2 amide bonds. The molecule has 0 radical (unpaired) electrons. The van der Waals surface area contributed by atoms with Gasteiger partial charge in [-0.15, -0.1) is 0 Å². The van der Waals surface area contributed by atoms with Gasteiger partial charge in [-0.05, 0) is 34.6 Å². The summed E-state index contributed by atoms with van der Waals surface area (Å²) in [6, 6.07) is 15.2. The molecule has 8 nitrogen and oxygen atoms in total. The summed E-state index contributed by atoms with van der Waals surface area (Å²) in [5.41, 5.74) is 4.56. The minimum absolute atomic E-state index is 0.0186. The second-order valence-electron chi connectivity index (χ2n) is 9.12. The smallest absolute Gasteiger partial charge is 0.407 e. The van der Waals surface area contributed by atoms with Gasteiger partial charge in [0, 0.05) is 25.0 Å². The Morgan fingerprint density at radius 2 is 1.68 bits per heavy atom. The van der Waals surface area contributed by atoms with E-state index in [0.29, 0.717) is 6.42 Å². The van der Waals surface area contributed by atoms with Gasteiger partial charge in [-0.25, -0.2) is 9.59 Å². The topological polar surface area (TPSA) is 114 Å². The van der Waals surface area contributed by atoms with Crippen LogP contribution in [0.4, 0.5) is 4.79 Å². The molecule has 8 heteroatoms. The number of hydrogen-bond acceptors (Lipinski definition) is 5. The van der Waals surface area contributed by atoms with Crippen LogP contribution in [0.1, 0.15) is 43.7 Å². The number of nitrogens with one attached hydrogen (secondary N) is 2. The summed E-state index contributed by atoms with van der Waals surface area (Å²) in [6.45, 7) is 4.28. The molecule has 1 aliphatic carbocycles. The molecule has 3 atom stereocenters. The first kappa shape index (κ1) is 23.8. The van der Waals surface area contributed by atoms with Gasteiger partial charge in [-0.3, -0.25) is 4.79 Å². The number of carboxylic acids is 1. The quantitative estimate of drug-likeness (QED) is 0.550. The predicted molar refractivity (Wildman–Crippen MR) is 125 cm³/mol. The van der Waals surface area contributed by atoms with Crippen molar-refractivity contribution in [1.29, 1.82) is 0 Å². The summed E-state index contributed by atoms with van der Waals surface area (Å²) in [4.78, 5) is 36.5. The number of fused-ring (bicyclic) bond motifs is 3. The van der Waals surface area contributed by atoms with Gasteiger partial charge in [0.25, 0.3) is 0 Å². The van der Waals surface area contributed by atoms with Crippen molar-refractivity contribution < 1.29 is 29.0 Å². The van der Waals surface area contributed by atoms with Gasteiger partial charge >= 0.3 is 12.1 Å². The normalized spacial score (nSPS) is 19.9. The molecule has 3 N–H and O–H groups in total. The third-order valence-electron chi connectivity index (χ3n) is 6.54. The summed E-state index contributed by atoms with van der Waals surface area (Å²) in [6.07, 6.45) is -1.17. The Morgan fingerprint density at radius 1 is 1.06 bits per heavy atom. The molecule has 4 rings (SSSR count). The molecule has 34 heavy (non-hydrogen) atoms. The lowest BCUT2D eigenvalue weighted by atomic mass is 9.98. The fourth-order valence-electron chi connectivity index (χ4n) is 4.69. The van der Waals surface area contributed by atoms with Crippen LogP contribution >= 0.6 is 0 Å². The highest BCUT2D eigenvalue weighted by Gasteiger charge is 2.36. The lowest BCUT2D eigenvalue weighted by Gasteiger charge is -2.24. The number of amides is 2. The summed E-state index contributed by atoms with van der Waals surface area (Å²) >= 11 is 0. The molecule has 0 aromatic heterocycles. The van der Waals surface area contributed by atoms with E-state index in [1.54, 1.807) is 0 Å². The van der Waals surface area contributed by atoms with Gasteiger partial charge in [0.15, 0.2) is 6.10 Å². The number of alkyl carbamates (subject to hydrolysis) is 1. The largest absolute Gasteiger partial charge is 0.479 e. The van der Waals surface area contributed by atoms with E-state index in [0.717, 1.165) is 22.3 Å². The van der Waals surface area contributed by atoms with Crippen LogP contribution in [0.5, 0.6) is 0 Å². The van der Waals surface area contributed by atoms with Crippen LogP contribution in [0, 0.1) is 5.92 Å². The lowest BCUT2D eigenvalue weighted by Crippen LogP contribution is -2.47. The Kier molecular flexibility index (Phi) is 7.17. The molecule has 2 aliphatic rings. The minimum atomic E-state index is -1.10. The van der Waals surface area contributed by atoms with E-state index in [4.69, 9.17) is 9.47 Å². The van der Waals surface area contributed by atoms with Gasteiger partial charge in [0.05, 0.1) is 6.04 Å². The van der Waals surface area contributed by atoms with Gasteiger partial charge in [0.2, 0.25) is 5.91 Å². The molecule has 180 valence electrons. The van der Waals surface area contributed by atoms with Crippen LogP contribution in [0.15, 0.2) is 48.5 Å². The Balaban J connectivity index is 1.34. The number of ether oxygens (including phenoxy) is 2. The summed E-state index contributed by atoms with van der Waals surface area (Å²) < 4.78 is 10.8. The average molecular weight is 467 g/mol. The number of benzene rings is 2. The number of aliphatic carboxylic acids is 1. The predicted octanol–water partition coefficient (Wildman–Crippen LogP) is 3.30. The number of carboxylic acid groups (broad SMARTS) is 1. The van der Waals surface area contributed by atoms with Crippen LogP contribution in [0.25, 0.3) is 11.1 Å². The number of carbonyl (C=O) groups excluding carboxylic acids is 2. The zero-order valence-electron chi connectivity index (χ0n) is 19.3.